The standard InChI is InChI=1S/C19H32N2O2S/c1-15(2)21-12-10-16(11-13-21)14-20-24(22,23)18-8-6-17(7-9-18)19(3,4)5/h6-9,15-16,20H,10-14H2,1-5H3. The van der Waals surface area contributed by atoms with Crippen LogP contribution in [-0.4, -0.2) is 39.0 Å². The Labute approximate surface area is 147 Å². The largest absolute Gasteiger partial charge is 0.301 e. The lowest BCUT2D eigenvalue weighted by Gasteiger charge is -2.34. The van der Waals surface area contributed by atoms with Gasteiger partial charge in [-0.1, -0.05) is 32.9 Å². The summed E-state index contributed by atoms with van der Waals surface area (Å²) in [6.45, 7) is 13.5. The van der Waals surface area contributed by atoms with Crippen molar-refractivity contribution in [3.8, 4) is 0 Å². The molecule has 1 heterocycles. The second kappa shape index (κ2) is 7.54. The van der Waals surface area contributed by atoms with Crippen LogP contribution in [0.15, 0.2) is 29.2 Å². The van der Waals surface area contributed by atoms with E-state index in [4.69, 9.17) is 0 Å². The van der Waals surface area contributed by atoms with Crippen LogP contribution >= 0.6 is 0 Å². The highest BCUT2D eigenvalue weighted by atomic mass is 32.2. The second-order valence-corrected chi connectivity index (χ2v) is 9.97. The predicted octanol–water partition coefficient (Wildman–Crippen LogP) is 3.38. The first-order chi connectivity index (χ1) is 11.1. The molecule has 5 heteroatoms. The molecule has 1 aliphatic heterocycles. The van der Waals surface area contributed by atoms with Crippen molar-refractivity contribution < 1.29 is 8.42 Å². The highest BCUT2D eigenvalue weighted by Crippen LogP contribution is 2.24. The number of hydrogen-bond acceptors (Lipinski definition) is 3. The van der Waals surface area contributed by atoms with Crippen molar-refractivity contribution in [3.05, 3.63) is 29.8 Å². The number of hydrogen-bond donors (Lipinski definition) is 1. The van der Waals surface area contributed by atoms with Crippen LogP contribution in [-0.2, 0) is 15.4 Å². The summed E-state index contributed by atoms with van der Waals surface area (Å²) in [5.41, 5.74) is 1.17. The van der Waals surface area contributed by atoms with E-state index in [1.165, 1.54) is 0 Å². The minimum Gasteiger partial charge on any atom is -0.301 e. The smallest absolute Gasteiger partial charge is 0.240 e. The van der Waals surface area contributed by atoms with Gasteiger partial charge in [0.2, 0.25) is 10.0 Å². The first-order valence-corrected chi connectivity index (χ1v) is 10.4. The molecule has 1 aliphatic rings. The molecular weight excluding hydrogens is 320 g/mol. The molecule has 2 rings (SSSR count). The van der Waals surface area contributed by atoms with Crippen molar-refractivity contribution in [2.24, 2.45) is 5.92 Å². The molecule has 1 saturated heterocycles. The van der Waals surface area contributed by atoms with Crippen LogP contribution in [0.5, 0.6) is 0 Å². The number of nitrogens with zero attached hydrogens (tertiary/aromatic N) is 1. The highest BCUT2D eigenvalue weighted by Gasteiger charge is 2.23. The predicted molar refractivity (Wildman–Crippen MR) is 99.8 cm³/mol. The normalized spacial score (nSPS) is 18.2. The van der Waals surface area contributed by atoms with E-state index in [9.17, 15) is 8.42 Å². The zero-order valence-electron chi connectivity index (χ0n) is 15.7. The molecule has 24 heavy (non-hydrogen) atoms. The monoisotopic (exact) mass is 352 g/mol. The van der Waals surface area contributed by atoms with Crippen LogP contribution in [0, 0.1) is 5.92 Å². The minimum absolute atomic E-state index is 0.0279. The van der Waals surface area contributed by atoms with E-state index < -0.39 is 10.0 Å². The lowest BCUT2D eigenvalue weighted by atomic mass is 9.87. The average molecular weight is 353 g/mol. The first-order valence-electron chi connectivity index (χ1n) is 8.94. The number of likely N-dealkylation sites (tertiary alicyclic amines) is 1. The number of benzene rings is 1. The van der Waals surface area contributed by atoms with Crippen LogP contribution in [0.3, 0.4) is 0 Å². The molecule has 136 valence electrons. The summed E-state index contributed by atoms with van der Waals surface area (Å²) in [4.78, 5) is 2.81. The first kappa shape index (κ1) is 19.4. The van der Waals surface area contributed by atoms with E-state index >= 15 is 0 Å². The van der Waals surface area contributed by atoms with E-state index in [0.717, 1.165) is 31.5 Å². The number of piperidine rings is 1. The summed E-state index contributed by atoms with van der Waals surface area (Å²) in [5.74, 6) is 0.434. The maximum atomic E-state index is 12.5. The van der Waals surface area contributed by atoms with Gasteiger partial charge in [-0.05, 0) is 68.8 Å². The lowest BCUT2D eigenvalue weighted by Crippen LogP contribution is -2.41. The molecule has 0 aliphatic carbocycles. The lowest BCUT2D eigenvalue weighted by molar-refractivity contribution is 0.151. The fourth-order valence-corrected chi connectivity index (χ4v) is 4.23. The molecule has 1 aromatic rings. The van der Waals surface area contributed by atoms with Gasteiger partial charge in [-0.2, -0.15) is 0 Å². The fraction of sp³-hybridized carbons (Fsp3) is 0.684. The quantitative estimate of drug-likeness (QED) is 0.884. The van der Waals surface area contributed by atoms with Gasteiger partial charge in [-0.15, -0.1) is 0 Å². The van der Waals surface area contributed by atoms with Gasteiger partial charge in [0, 0.05) is 12.6 Å². The third-order valence-electron chi connectivity index (χ3n) is 4.97. The molecule has 0 spiro atoms. The average Bonchev–Trinajstić information content (AvgIpc) is 2.53. The van der Waals surface area contributed by atoms with E-state index in [1.807, 2.05) is 12.1 Å². The second-order valence-electron chi connectivity index (χ2n) is 8.20. The number of sulfonamides is 1. The summed E-state index contributed by atoms with van der Waals surface area (Å²) in [5, 5.41) is 0. The van der Waals surface area contributed by atoms with Crippen molar-refractivity contribution in [3.63, 3.8) is 0 Å². The topological polar surface area (TPSA) is 49.4 Å². The highest BCUT2D eigenvalue weighted by molar-refractivity contribution is 7.89. The summed E-state index contributed by atoms with van der Waals surface area (Å²) in [6.07, 6.45) is 2.12. The molecule has 1 fully saturated rings. The van der Waals surface area contributed by atoms with Gasteiger partial charge in [0.1, 0.15) is 0 Å². The third-order valence-corrected chi connectivity index (χ3v) is 6.41. The summed E-state index contributed by atoms with van der Waals surface area (Å²) < 4.78 is 27.8. The van der Waals surface area contributed by atoms with Gasteiger partial charge in [0.25, 0.3) is 0 Å². The molecule has 0 amide bonds. The molecule has 0 radical (unpaired) electrons. The zero-order valence-corrected chi connectivity index (χ0v) is 16.5. The Balaban J connectivity index is 1.92. The van der Waals surface area contributed by atoms with E-state index in [0.29, 0.717) is 23.4 Å². The van der Waals surface area contributed by atoms with E-state index in [1.54, 1.807) is 12.1 Å². The molecule has 4 nitrogen and oxygen atoms in total. The molecular formula is C19H32N2O2S. The van der Waals surface area contributed by atoms with Gasteiger partial charge >= 0.3 is 0 Å². The van der Waals surface area contributed by atoms with E-state index in [-0.39, 0.29) is 5.41 Å². The Hall–Kier alpha value is -0.910. The zero-order chi connectivity index (χ0) is 18.0. The van der Waals surface area contributed by atoms with Crippen LogP contribution in [0.1, 0.15) is 53.0 Å². The van der Waals surface area contributed by atoms with Gasteiger partial charge in [-0.3, -0.25) is 0 Å². The molecule has 0 bridgehead atoms. The maximum Gasteiger partial charge on any atom is 0.240 e. The van der Waals surface area contributed by atoms with Gasteiger partial charge < -0.3 is 4.90 Å². The van der Waals surface area contributed by atoms with Crippen molar-refractivity contribution in [2.45, 2.75) is 63.8 Å². The van der Waals surface area contributed by atoms with Gasteiger partial charge in [-0.25, -0.2) is 13.1 Å². The molecule has 0 atom stereocenters. The SMILES string of the molecule is CC(C)N1CCC(CNS(=O)(=O)c2ccc(C(C)(C)C)cc2)CC1. The van der Waals surface area contributed by atoms with Gasteiger partial charge in [0.05, 0.1) is 4.90 Å². The minimum atomic E-state index is -3.42. The molecule has 0 aromatic heterocycles. The Morgan fingerprint density at radius 3 is 2.12 bits per heavy atom. The summed E-state index contributed by atoms with van der Waals surface area (Å²) in [6, 6.07) is 7.82. The Morgan fingerprint density at radius 1 is 1.12 bits per heavy atom. The van der Waals surface area contributed by atoms with Crippen molar-refractivity contribution in [2.75, 3.05) is 19.6 Å². The van der Waals surface area contributed by atoms with E-state index in [2.05, 4.69) is 44.2 Å². The van der Waals surface area contributed by atoms with Crippen LogP contribution in [0.2, 0.25) is 0 Å². The Morgan fingerprint density at radius 2 is 1.67 bits per heavy atom. The molecule has 1 aromatic carbocycles. The number of nitrogens with one attached hydrogen (secondary N) is 1. The fourth-order valence-electron chi connectivity index (χ4n) is 3.12. The molecule has 0 saturated carbocycles. The van der Waals surface area contributed by atoms with Crippen LogP contribution < -0.4 is 4.72 Å². The Bertz CT molecular complexity index is 622. The van der Waals surface area contributed by atoms with Crippen LogP contribution in [0.25, 0.3) is 0 Å². The Kier molecular flexibility index (Phi) is 6.10. The van der Waals surface area contributed by atoms with Crippen molar-refractivity contribution >= 4 is 10.0 Å². The van der Waals surface area contributed by atoms with Gasteiger partial charge in [0.15, 0.2) is 0 Å². The molecule has 1 N–H and O–H groups in total. The molecule has 0 unspecified atom stereocenters. The third kappa shape index (κ3) is 5.04. The van der Waals surface area contributed by atoms with Crippen LogP contribution in [0.4, 0.5) is 0 Å². The number of rotatable bonds is 5. The van der Waals surface area contributed by atoms with Crippen molar-refractivity contribution in [1.29, 1.82) is 0 Å². The maximum absolute atomic E-state index is 12.5. The summed E-state index contributed by atoms with van der Waals surface area (Å²) in [7, 11) is -3.42. The van der Waals surface area contributed by atoms with Crippen molar-refractivity contribution in [1.82, 2.24) is 9.62 Å². The summed E-state index contributed by atoms with van der Waals surface area (Å²) >= 11 is 0.